The van der Waals surface area contributed by atoms with Gasteiger partial charge >= 0.3 is 0 Å². The quantitative estimate of drug-likeness (QED) is 0.280. The van der Waals surface area contributed by atoms with Crippen LogP contribution in [0.2, 0.25) is 10.0 Å². The Balaban J connectivity index is 2.10. The van der Waals surface area contributed by atoms with Crippen molar-refractivity contribution >= 4 is 50.7 Å². The van der Waals surface area contributed by atoms with Gasteiger partial charge in [-0.05, 0) is 82.5 Å². The predicted molar refractivity (Wildman–Crippen MR) is 166 cm³/mol. The van der Waals surface area contributed by atoms with E-state index in [1.165, 1.54) is 17.0 Å². The molecular formula is C31H37Cl2N3O4S. The number of hydrogen-bond donors (Lipinski definition) is 1. The number of aryl methyl sites for hydroxylation is 2. The third-order valence-electron chi connectivity index (χ3n) is 6.49. The highest BCUT2D eigenvalue weighted by molar-refractivity contribution is 7.92. The second-order valence-electron chi connectivity index (χ2n) is 11.0. The number of para-hydroxylation sites is 1. The first-order valence-corrected chi connectivity index (χ1v) is 15.5. The van der Waals surface area contributed by atoms with E-state index in [0.29, 0.717) is 33.3 Å². The van der Waals surface area contributed by atoms with Crippen LogP contribution in [0.1, 0.15) is 50.8 Å². The van der Waals surface area contributed by atoms with Crippen LogP contribution in [-0.4, -0.2) is 43.3 Å². The lowest BCUT2D eigenvalue weighted by molar-refractivity contribution is -0.141. The van der Waals surface area contributed by atoms with Crippen molar-refractivity contribution in [1.82, 2.24) is 10.2 Å². The number of nitrogens with zero attached hydrogens (tertiary/aromatic N) is 2. The van der Waals surface area contributed by atoms with Crippen molar-refractivity contribution in [2.45, 2.75) is 71.0 Å². The summed E-state index contributed by atoms with van der Waals surface area (Å²) in [5.74, 6) is -0.872. The first kappa shape index (κ1) is 32.4. The molecule has 41 heavy (non-hydrogen) atoms. The van der Waals surface area contributed by atoms with Crippen molar-refractivity contribution in [3.05, 3.63) is 93.5 Å². The molecule has 0 bridgehead atoms. The summed E-state index contributed by atoms with van der Waals surface area (Å²) in [7, 11) is -4.14. The molecule has 3 rings (SSSR count). The fraction of sp³-hybridized carbons (Fsp3) is 0.355. The number of rotatable bonds is 10. The van der Waals surface area contributed by atoms with Crippen LogP contribution in [0.25, 0.3) is 0 Å². The molecule has 0 aliphatic heterocycles. The molecule has 3 aromatic carbocycles. The lowest BCUT2D eigenvalue weighted by Crippen LogP contribution is -2.55. The molecule has 10 heteroatoms. The second kappa shape index (κ2) is 13.3. The summed E-state index contributed by atoms with van der Waals surface area (Å²) in [6.07, 6.45) is 0.310. The highest BCUT2D eigenvalue weighted by Gasteiger charge is 2.35. The normalized spacial score (nSPS) is 12.5. The molecule has 0 aromatic heterocycles. The van der Waals surface area contributed by atoms with E-state index in [9.17, 15) is 18.0 Å². The molecule has 1 atom stereocenters. The number of anilines is 1. The molecule has 0 fully saturated rings. The van der Waals surface area contributed by atoms with Gasteiger partial charge in [0.1, 0.15) is 12.6 Å². The summed E-state index contributed by atoms with van der Waals surface area (Å²) in [4.78, 5) is 29.1. The van der Waals surface area contributed by atoms with Crippen LogP contribution >= 0.6 is 23.2 Å². The molecule has 0 radical (unpaired) electrons. The standard InChI is InChI=1S/C31H37Cl2N3O4S/c1-7-27(30(38)34-31(4,5)6)35(19-23-14-17-25(32)26(33)18-23)29(37)20-36(28-11-9-8-10-22(28)3)41(39,40)24-15-12-21(2)13-16-24/h8-18,27H,7,19-20H2,1-6H3,(H,34,38)/t27-/m1/s1. The van der Waals surface area contributed by atoms with Gasteiger partial charge in [0, 0.05) is 12.1 Å². The van der Waals surface area contributed by atoms with Gasteiger partial charge in [-0.1, -0.05) is 72.1 Å². The first-order valence-electron chi connectivity index (χ1n) is 13.3. The zero-order valence-corrected chi connectivity index (χ0v) is 26.6. The topological polar surface area (TPSA) is 86.8 Å². The molecule has 1 N–H and O–H groups in total. The number of benzene rings is 3. The zero-order valence-electron chi connectivity index (χ0n) is 24.2. The Labute approximate surface area is 253 Å². The number of carbonyl (C=O) groups is 2. The molecule has 3 aromatic rings. The van der Waals surface area contributed by atoms with E-state index in [-0.39, 0.29) is 17.3 Å². The van der Waals surface area contributed by atoms with E-state index >= 15 is 0 Å². The van der Waals surface area contributed by atoms with E-state index < -0.39 is 34.1 Å². The molecule has 0 saturated heterocycles. The SMILES string of the molecule is CC[C@H](C(=O)NC(C)(C)C)N(Cc1ccc(Cl)c(Cl)c1)C(=O)CN(c1ccccc1C)S(=O)(=O)c1ccc(C)cc1. The third kappa shape index (κ3) is 8.24. The smallest absolute Gasteiger partial charge is 0.264 e. The van der Waals surface area contributed by atoms with Crippen LogP contribution in [0.5, 0.6) is 0 Å². The second-order valence-corrected chi connectivity index (χ2v) is 13.7. The maximum atomic E-state index is 14.2. The number of sulfonamides is 1. The van der Waals surface area contributed by atoms with Crippen LogP contribution in [0.4, 0.5) is 5.69 Å². The molecule has 0 spiro atoms. The molecule has 2 amide bonds. The van der Waals surface area contributed by atoms with Crippen molar-refractivity contribution in [3.8, 4) is 0 Å². The Morgan fingerprint density at radius 1 is 0.927 bits per heavy atom. The molecule has 0 heterocycles. The highest BCUT2D eigenvalue weighted by Crippen LogP contribution is 2.28. The highest BCUT2D eigenvalue weighted by atomic mass is 35.5. The zero-order chi connectivity index (χ0) is 30.5. The van der Waals surface area contributed by atoms with Crippen molar-refractivity contribution in [2.24, 2.45) is 0 Å². The van der Waals surface area contributed by atoms with Gasteiger partial charge in [0.2, 0.25) is 11.8 Å². The minimum Gasteiger partial charge on any atom is -0.350 e. The van der Waals surface area contributed by atoms with Crippen LogP contribution in [0.3, 0.4) is 0 Å². The molecular weight excluding hydrogens is 581 g/mol. The van der Waals surface area contributed by atoms with Gasteiger partial charge in [-0.2, -0.15) is 0 Å². The fourth-order valence-corrected chi connectivity index (χ4v) is 6.20. The van der Waals surface area contributed by atoms with Crippen molar-refractivity contribution in [1.29, 1.82) is 0 Å². The van der Waals surface area contributed by atoms with Gasteiger partial charge in [-0.25, -0.2) is 8.42 Å². The lowest BCUT2D eigenvalue weighted by Gasteiger charge is -2.35. The largest absolute Gasteiger partial charge is 0.350 e. The average molecular weight is 619 g/mol. The van der Waals surface area contributed by atoms with Gasteiger partial charge in [-0.3, -0.25) is 13.9 Å². The summed E-state index contributed by atoms with van der Waals surface area (Å²) >= 11 is 12.4. The Kier molecular flexibility index (Phi) is 10.5. The monoisotopic (exact) mass is 617 g/mol. The first-order chi connectivity index (χ1) is 19.1. The van der Waals surface area contributed by atoms with Gasteiger partial charge in [-0.15, -0.1) is 0 Å². The molecule has 0 aliphatic carbocycles. The summed E-state index contributed by atoms with van der Waals surface area (Å²) < 4.78 is 29.1. The maximum Gasteiger partial charge on any atom is 0.264 e. The summed E-state index contributed by atoms with van der Waals surface area (Å²) in [6.45, 7) is 10.6. The summed E-state index contributed by atoms with van der Waals surface area (Å²) in [6, 6.07) is 17.6. The number of nitrogens with one attached hydrogen (secondary N) is 1. The fourth-order valence-electron chi connectivity index (χ4n) is 4.40. The van der Waals surface area contributed by atoms with E-state index in [0.717, 1.165) is 9.87 Å². The summed E-state index contributed by atoms with van der Waals surface area (Å²) in [5.41, 5.74) is 2.09. The molecule has 220 valence electrons. The molecule has 0 aliphatic rings. The Morgan fingerprint density at radius 2 is 1.56 bits per heavy atom. The van der Waals surface area contributed by atoms with Gasteiger partial charge in [0.05, 0.1) is 20.6 Å². The molecule has 7 nitrogen and oxygen atoms in total. The average Bonchev–Trinajstić information content (AvgIpc) is 2.88. The van der Waals surface area contributed by atoms with Crippen LogP contribution in [-0.2, 0) is 26.2 Å². The van der Waals surface area contributed by atoms with Gasteiger partial charge in [0.25, 0.3) is 10.0 Å². The molecule has 0 saturated carbocycles. The van der Waals surface area contributed by atoms with E-state index in [4.69, 9.17) is 23.2 Å². The minimum atomic E-state index is -4.14. The predicted octanol–water partition coefficient (Wildman–Crippen LogP) is 6.53. The van der Waals surface area contributed by atoms with Crippen molar-refractivity contribution < 1.29 is 18.0 Å². The third-order valence-corrected chi connectivity index (χ3v) is 9.01. The maximum absolute atomic E-state index is 14.2. The number of amides is 2. The van der Waals surface area contributed by atoms with E-state index in [1.54, 1.807) is 61.5 Å². The Bertz CT molecular complexity index is 1500. The van der Waals surface area contributed by atoms with Crippen LogP contribution < -0.4 is 9.62 Å². The Morgan fingerprint density at radius 3 is 2.12 bits per heavy atom. The van der Waals surface area contributed by atoms with Gasteiger partial charge < -0.3 is 10.2 Å². The minimum absolute atomic E-state index is 0.0258. The van der Waals surface area contributed by atoms with Crippen LogP contribution in [0, 0.1) is 13.8 Å². The van der Waals surface area contributed by atoms with Crippen LogP contribution in [0.15, 0.2) is 71.6 Å². The number of carbonyl (C=O) groups excluding carboxylic acids is 2. The Hall–Kier alpha value is -3.07. The van der Waals surface area contributed by atoms with E-state index in [2.05, 4.69) is 5.32 Å². The number of halogens is 2. The van der Waals surface area contributed by atoms with Crippen molar-refractivity contribution in [3.63, 3.8) is 0 Å². The lowest BCUT2D eigenvalue weighted by atomic mass is 10.1. The van der Waals surface area contributed by atoms with E-state index in [1.807, 2.05) is 34.6 Å². The van der Waals surface area contributed by atoms with Crippen molar-refractivity contribution in [2.75, 3.05) is 10.8 Å². The summed E-state index contributed by atoms with van der Waals surface area (Å²) in [5, 5.41) is 3.63. The molecule has 0 unspecified atom stereocenters. The van der Waals surface area contributed by atoms with Gasteiger partial charge in [0.15, 0.2) is 0 Å². The number of hydrogen-bond acceptors (Lipinski definition) is 4.